The van der Waals surface area contributed by atoms with Crippen molar-refractivity contribution < 1.29 is 8.42 Å². The monoisotopic (exact) mass is 240 g/mol. The number of hydrogen-bond donors (Lipinski definition) is 1. The molecule has 0 unspecified atom stereocenters. The Morgan fingerprint density at radius 1 is 1.54 bits per heavy atom. The molecule has 1 heterocycles. The Balaban J connectivity index is 2.88. The van der Waals surface area contributed by atoms with Crippen molar-refractivity contribution in [1.82, 2.24) is 4.31 Å². The molecule has 0 radical (unpaired) electrons. The van der Waals surface area contributed by atoms with Gasteiger partial charge in [0, 0.05) is 14.1 Å². The van der Waals surface area contributed by atoms with Gasteiger partial charge in [-0.25, -0.2) is 0 Å². The van der Waals surface area contributed by atoms with Gasteiger partial charge in [-0.05, 0) is 11.4 Å². The van der Waals surface area contributed by atoms with Crippen LogP contribution in [0.4, 0.5) is 5.69 Å². The van der Waals surface area contributed by atoms with Crippen molar-refractivity contribution in [2.24, 2.45) is 0 Å². The van der Waals surface area contributed by atoms with E-state index in [1.807, 2.05) is 0 Å². The van der Waals surface area contributed by atoms with Gasteiger partial charge in [-0.1, -0.05) is 11.6 Å². The predicted molar refractivity (Wildman–Crippen MR) is 55.6 cm³/mol. The van der Waals surface area contributed by atoms with Crippen LogP contribution in [0, 0.1) is 0 Å². The highest BCUT2D eigenvalue weighted by atomic mass is 35.5. The van der Waals surface area contributed by atoms with Crippen LogP contribution in [-0.2, 0) is 10.2 Å². The van der Waals surface area contributed by atoms with E-state index in [2.05, 4.69) is 4.72 Å². The Kier molecular flexibility index (Phi) is 3.18. The van der Waals surface area contributed by atoms with Gasteiger partial charge in [0.25, 0.3) is 0 Å². The lowest BCUT2D eigenvalue weighted by Gasteiger charge is -2.12. The minimum Gasteiger partial charge on any atom is -0.269 e. The maximum Gasteiger partial charge on any atom is 0.301 e. The summed E-state index contributed by atoms with van der Waals surface area (Å²) in [7, 11) is -0.544. The first kappa shape index (κ1) is 10.8. The third-order valence-electron chi connectivity index (χ3n) is 1.34. The second-order valence-corrected chi connectivity index (χ2v) is 5.90. The van der Waals surface area contributed by atoms with E-state index in [-0.39, 0.29) is 0 Å². The maximum absolute atomic E-state index is 11.3. The normalized spacial score (nSPS) is 12.0. The topological polar surface area (TPSA) is 49.4 Å². The fourth-order valence-corrected chi connectivity index (χ4v) is 2.18. The third-order valence-corrected chi connectivity index (χ3v) is 3.95. The Morgan fingerprint density at radius 3 is 2.54 bits per heavy atom. The molecule has 0 saturated heterocycles. The van der Waals surface area contributed by atoms with Gasteiger partial charge in [0.05, 0.1) is 5.69 Å². The molecule has 0 saturated carbocycles. The first-order valence-electron chi connectivity index (χ1n) is 3.37. The molecule has 4 nitrogen and oxygen atoms in total. The summed E-state index contributed by atoms with van der Waals surface area (Å²) in [5.74, 6) is 0. The minimum atomic E-state index is -3.44. The number of anilines is 1. The quantitative estimate of drug-likeness (QED) is 0.873. The highest BCUT2D eigenvalue weighted by Gasteiger charge is 2.14. The number of nitrogens with zero attached hydrogens (tertiary/aromatic N) is 1. The summed E-state index contributed by atoms with van der Waals surface area (Å²) in [4.78, 5) is 0. The van der Waals surface area contributed by atoms with Gasteiger partial charge in [0.15, 0.2) is 0 Å². The molecule has 1 aromatic rings. The molecule has 1 rings (SSSR count). The molecule has 0 atom stereocenters. The summed E-state index contributed by atoms with van der Waals surface area (Å²) in [5.41, 5.74) is 0.417. The van der Waals surface area contributed by atoms with E-state index in [0.29, 0.717) is 10.0 Å². The zero-order valence-corrected chi connectivity index (χ0v) is 9.50. The van der Waals surface area contributed by atoms with Crippen molar-refractivity contribution in [1.29, 1.82) is 0 Å². The first-order chi connectivity index (χ1) is 5.93. The largest absolute Gasteiger partial charge is 0.301 e. The number of thiophene rings is 1. The molecule has 0 spiro atoms. The molecule has 0 aliphatic carbocycles. The van der Waals surface area contributed by atoms with Crippen molar-refractivity contribution in [3.8, 4) is 0 Å². The minimum absolute atomic E-state index is 0.417. The zero-order chi connectivity index (χ0) is 10.1. The van der Waals surface area contributed by atoms with Crippen LogP contribution < -0.4 is 4.72 Å². The maximum atomic E-state index is 11.3. The van der Waals surface area contributed by atoms with Crippen LogP contribution in [0.3, 0.4) is 0 Å². The lowest BCUT2D eigenvalue weighted by atomic mass is 10.6. The van der Waals surface area contributed by atoms with E-state index in [1.165, 1.54) is 25.4 Å². The van der Waals surface area contributed by atoms with Gasteiger partial charge in [-0.2, -0.15) is 12.7 Å². The second-order valence-electron chi connectivity index (χ2n) is 2.50. The van der Waals surface area contributed by atoms with Crippen molar-refractivity contribution >= 4 is 38.8 Å². The van der Waals surface area contributed by atoms with E-state index in [0.717, 1.165) is 4.31 Å². The summed E-state index contributed by atoms with van der Waals surface area (Å²) in [6, 6.07) is 1.62. The Labute approximate surface area is 86.3 Å². The molecule has 0 bridgehead atoms. The molecule has 7 heteroatoms. The van der Waals surface area contributed by atoms with Gasteiger partial charge >= 0.3 is 10.2 Å². The predicted octanol–water partition coefficient (Wildman–Crippen LogP) is 1.62. The van der Waals surface area contributed by atoms with Crippen LogP contribution in [0.5, 0.6) is 0 Å². The lowest BCUT2D eigenvalue weighted by molar-refractivity contribution is 0.527. The third kappa shape index (κ3) is 2.57. The molecular formula is C6H9ClN2O2S2. The van der Waals surface area contributed by atoms with Crippen LogP contribution in [0.2, 0.25) is 4.34 Å². The van der Waals surface area contributed by atoms with Gasteiger partial charge in [-0.15, -0.1) is 11.3 Å². The molecule has 0 aliphatic rings. The zero-order valence-electron chi connectivity index (χ0n) is 7.11. The second kappa shape index (κ2) is 3.83. The van der Waals surface area contributed by atoms with E-state index < -0.39 is 10.2 Å². The number of halogens is 1. The van der Waals surface area contributed by atoms with Crippen molar-refractivity contribution in [2.45, 2.75) is 0 Å². The Bertz CT molecular complexity index is 385. The molecule has 74 valence electrons. The van der Waals surface area contributed by atoms with Crippen LogP contribution in [0.1, 0.15) is 0 Å². The molecule has 1 N–H and O–H groups in total. The van der Waals surface area contributed by atoms with E-state index in [1.54, 1.807) is 11.4 Å². The molecule has 0 aliphatic heterocycles. The summed E-state index contributed by atoms with van der Waals surface area (Å²) in [5, 5.41) is 1.72. The molecular weight excluding hydrogens is 232 g/mol. The average Bonchev–Trinajstić information content (AvgIpc) is 2.35. The molecule has 0 aromatic carbocycles. The summed E-state index contributed by atoms with van der Waals surface area (Å²) >= 11 is 7.00. The Morgan fingerprint density at radius 2 is 2.15 bits per heavy atom. The number of hydrogen-bond acceptors (Lipinski definition) is 3. The SMILES string of the molecule is CN(C)S(=O)(=O)Nc1ccsc1Cl. The fourth-order valence-electron chi connectivity index (χ4n) is 0.595. The van der Waals surface area contributed by atoms with Crippen LogP contribution in [0.25, 0.3) is 0 Å². The van der Waals surface area contributed by atoms with Crippen molar-refractivity contribution in [3.05, 3.63) is 15.8 Å². The van der Waals surface area contributed by atoms with Gasteiger partial charge in [0.1, 0.15) is 4.34 Å². The smallest absolute Gasteiger partial charge is 0.269 e. The van der Waals surface area contributed by atoms with Crippen molar-refractivity contribution in [3.63, 3.8) is 0 Å². The van der Waals surface area contributed by atoms with E-state index in [4.69, 9.17) is 11.6 Å². The first-order valence-corrected chi connectivity index (χ1v) is 6.06. The lowest BCUT2D eigenvalue weighted by Crippen LogP contribution is -2.28. The van der Waals surface area contributed by atoms with E-state index in [9.17, 15) is 8.42 Å². The van der Waals surface area contributed by atoms with Crippen LogP contribution in [0.15, 0.2) is 11.4 Å². The van der Waals surface area contributed by atoms with Gasteiger partial charge in [-0.3, -0.25) is 4.72 Å². The standard InChI is InChI=1S/C6H9ClN2O2S2/c1-9(2)13(10,11)8-5-3-4-12-6(5)7/h3-4,8H,1-2H3. The van der Waals surface area contributed by atoms with Crippen LogP contribution >= 0.6 is 22.9 Å². The van der Waals surface area contributed by atoms with Crippen LogP contribution in [-0.4, -0.2) is 26.8 Å². The summed E-state index contributed by atoms with van der Waals surface area (Å²) < 4.78 is 26.5. The number of nitrogens with one attached hydrogen (secondary N) is 1. The highest BCUT2D eigenvalue weighted by Crippen LogP contribution is 2.28. The Hall–Kier alpha value is -0.300. The molecule has 0 fully saturated rings. The summed E-state index contributed by atoms with van der Waals surface area (Å²) in [6.07, 6.45) is 0. The van der Waals surface area contributed by atoms with Crippen molar-refractivity contribution in [2.75, 3.05) is 18.8 Å². The van der Waals surface area contributed by atoms with E-state index >= 15 is 0 Å². The highest BCUT2D eigenvalue weighted by molar-refractivity contribution is 7.90. The van der Waals surface area contributed by atoms with Gasteiger partial charge in [0.2, 0.25) is 0 Å². The molecule has 0 amide bonds. The van der Waals surface area contributed by atoms with Gasteiger partial charge < -0.3 is 0 Å². The average molecular weight is 241 g/mol. The fraction of sp³-hybridized carbons (Fsp3) is 0.333. The number of rotatable bonds is 3. The summed E-state index contributed by atoms with van der Waals surface area (Å²) in [6.45, 7) is 0. The molecule has 1 aromatic heterocycles. The molecule has 13 heavy (non-hydrogen) atoms.